The first-order valence-electron chi connectivity index (χ1n) is 8.17. The van der Waals surface area contributed by atoms with Gasteiger partial charge in [-0.25, -0.2) is 0 Å². The van der Waals surface area contributed by atoms with E-state index in [1.807, 2.05) is 13.8 Å². The van der Waals surface area contributed by atoms with Crippen molar-refractivity contribution in [2.45, 2.75) is 90.0 Å². The Labute approximate surface area is 131 Å². The molecule has 1 N–H and O–H groups in total. The summed E-state index contributed by atoms with van der Waals surface area (Å²) in [5, 5.41) is 9.48. The zero-order chi connectivity index (χ0) is 16.4. The Morgan fingerprint density at radius 2 is 1.38 bits per heavy atom. The molecule has 0 amide bonds. The molecular formula is C16H34O4Si. The minimum atomic E-state index is -1.90. The Balaban J connectivity index is 2.82. The van der Waals surface area contributed by atoms with E-state index in [-0.39, 0.29) is 18.8 Å². The zero-order valence-corrected chi connectivity index (χ0v) is 16.0. The molecule has 1 fully saturated rings. The monoisotopic (exact) mass is 318 g/mol. The van der Waals surface area contributed by atoms with Crippen LogP contribution in [0.15, 0.2) is 0 Å². The number of hydrogen-bond donors (Lipinski definition) is 1. The van der Waals surface area contributed by atoms with Gasteiger partial charge in [-0.3, -0.25) is 0 Å². The van der Waals surface area contributed by atoms with Crippen LogP contribution in [0.5, 0.6) is 0 Å². The van der Waals surface area contributed by atoms with Gasteiger partial charge in [-0.05, 0) is 30.5 Å². The molecule has 126 valence electrons. The van der Waals surface area contributed by atoms with Gasteiger partial charge in [-0.1, -0.05) is 41.5 Å². The lowest BCUT2D eigenvalue weighted by molar-refractivity contribution is -0.151. The number of rotatable bonds is 7. The van der Waals surface area contributed by atoms with Crippen molar-refractivity contribution in [2.75, 3.05) is 13.2 Å². The van der Waals surface area contributed by atoms with Crippen LogP contribution in [0.2, 0.25) is 16.6 Å². The molecule has 0 bridgehead atoms. The fourth-order valence-electron chi connectivity index (χ4n) is 3.93. The number of aliphatic hydroxyl groups is 1. The second-order valence-electron chi connectivity index (χ2n) is 7.52. The average molecular weight is 319 g/mol. The van der Waals surface area contributed by atoms with E-state index in [2.05, 4.69) is 41.5 Å². The van der Waals surface area contributed by atoms with E-state index in [1.54, 1.807) is 0 Å². The highest BCUT2D eigenvalue weighted by Gasteiger charge is 2.47. The van der Waals surface area contributed by atoms with Gasteiger partial charge in [0.1, 0.15) is 12.2 Å². The lowest BCUT2D eigenvalue weighted by Crippen LogP contribution is -2.50. The minimum absolute atomic E-state index is 0.0307. The van der Waals surface area contributed by atoms with Crippen LogP contribution in [0.1, 0.15) is 55.4 Å². The van der Waals surface area contributed by atoms with E-state index >= 15 is 0 Å². The van der Waals surface area contributed by atoms with Crippen molar-refractivity contribution < 1.29 is 19.0 Å². The molecule has 0 aromatic rings. The quantitative estimate of drug-likeness (QED) is 0.727. The third-order valence-corrected chi connectivity index (χ3v) is 10.8. The van der Waals surface area contributed by atoms with Crippen LogP contribution < -0.4 is 0 Å². The highest BCUT2D eigenvalue weighted by atomic mass is 28.4. The van der Waals surface area contributed by atoms with Crippen molar-refractivity contribution in [1.82, 2.24) is 0 Å². The molecule has 0 spiro atoms. The second-order valence-corrected chi connectivity index (χ2v) is 13.0. The van der Waals surface area contributed by atoms with Crippen LogP contribution in [0.4, 0.5) is 0 Å². The summed E-state index contributed by atoms with van der Waals surface area (Å²) in [6.07, 6.45) is -0.480. The molecule has 1 aliphatic heterocycles. The van der Waals surface area contributed by atoms with Crippen molar-refractivity contribution in [1.29, 1.82) is 0 Å². The summed E-state index contributed by atoms with van der Waals surface area (Å²) in [7, 11) is -1.90. The smallest absolute Gasteiger partial charge is 0.200 e. The van der Waals surface area contributed by atoms with Crippen LogP contribution in [-0.4, -0.2) is 44.6 Å². The van der Waals surface area contributed by atoms with E-state index in [0.717, 1.165) is 0 Å². The number of aliphatic hydroxyl groups excluding tert-OH is 1. The van der Waals surface area contributed by atoms with Crippen LogP contribution in [-0.2, 0) is 13.9 Å². The maximum atomic E-state index is 9.48. The Kier molecular flexibility index (Phi) is 6.45. The lowest BCUT2D eigenvalue weighted by atomic mass is 10.2. The lowest BCUT2D eigenvalue weighted by Gasteiger charge is -2.42. The summed E-state index contributed by atoms with van der Waals surface area (Å²) in [6, 6.07) is 0. The maximum Gasteiger partial charge on any atom is 0.200 e. The van der Waals surface area contributed by atoms with E-state index in [9.17, 15) is 5.11 Å². The van der Waals surface area contributed by atoms with Gasteiger partial charge in [0.05, 0.1) is 13.2 Å². The molecule has 0 radical (unpaired) electrons. The number of hydrogen-bond acceptors (Lipinski definition) is 4. The van der Waals surface area contributed by atoms with E-state index < -0.39 is 14.1 Å². The van der Waals surface area contributed by atoms with Crippen molar-refractivity contribution in [3.63, 3.8) is 0 Å². The third-order valence-electron chi connectivity index (χ3n) is 4.67. The topological polar surface area (TPSA) is 47.9 Å². The Bertz CT molecular complexity index is 306. The molecule has 0 aliphatic carbocycles. The highest BCUT2D eigenvalue weighted by Crippen LogP contribution is 2.43. The molecule has 5 heteroatoms. The van der Waals surface area contributed by atoms with Crippen molar-refractivity contribution in [2.24, 2.45) is 0 Å². The second kappa shape index (κ2) is 7.09. The Morgan fingerprint density at radius 1 is 0.952 bits per heavy atom. The molecule has 1 rings (SSSR count). The van der Waals surface area contributed by atoms with Gasteiger partial charge in [0.2, 0.25) is 0 Å². The first-order chi connectivity index (χ1) is 9.56. The molecule has 1 aliphatic rings. The van der Waals surface area contributed by atoms with Gasteiger partial charge >= 0.3 is 0 Å². The Morgan fingerprint density at radius 3 is 1.76 bits per heavy atom. The largest absolute Gasteiger partial charge is 0.413 e. The summed E-state index contributed by atoms with van der Waals surface area (Å²) in [5.74, 6) is -0.640. The normalized spacial score (nSPS) is 26.3. The first kappa shape index (κ1) is 19.1. The molecule has 1 heterocycles. The summed E-state index contributed by atoms with van der Waals surface area (Å²) in [5.41, 5.74) is 1.63. The maximum absolute atomic E-state index is 9.48. The van der Waals surface area contributed by atoms with Gasteiger partial charge in [0.25, 0.3) is 0 Å². The van der Waals surface area contributed by atoms with Gasteiger partial charge in [0, 0.05) is 0 Å². The molecule has 0 saturated carbocycles. The molecule has 0 unspecified atom stereocenters. The van der Waals surface area contributed by atoms with Crippen LogP contribution >= 0.6 is 0 Å². The van der Waals surface area contributed by atoms with Crippen molar-refractivity contribution >= 4 is 8.32 Å². The molecule has 1 saturated heterocycles. The Hall–Kier alpha value is 0.0569. The standard InChI is InChI=1S/C16H34O4Si/c1-11(2)21(12(3)4,13(5)6)18-10-15-14(9-17)19-16(7,8)20-15/h11-15,17H,9-10H2,1-8H3/t14-,15-/m0/s1. The van der Waals surface area contributed by atoms with Gasteiger partial charge in [-0.2, -0.15) is 0 Å². The van der Waals surface area contributed by atoms with Crippen LogP contribution in [0, 0.1) is 0 Å². The van der Waals surface area contributed by atoms with E-state index in [0.29, 0.717) is 23.2 Å². The molecular weight excluding hydrogens is 284 g/mol. The fourth-order valence-corrected chi connectivity index (χ4v) is 9.38. The summed E-state index contributed by atoms with van der Waals surface area (Å²) < 4.78 is 18.2. The predicted octanol–water partition coefficient (Wildman–Crippen LogP) is 3.69. The highest BCUT2D eigenvalue weighted by molar-refractivity contribution is 6.77. The minimum Gasteiger partial charge on any atom is -0.413 e. The molecule has 0 aromatic heterocycles. The average Bonchev–Trinajstić information content (AvgIpc) is 2.63. The molecule has 21 heavy (non-hydrogen) atoms. The van der Waals surface area contributed by atoms with Crippen LogP contribution in [0.25, 0.3) is 0 Å². The third kappa shape index (κ3) is 4.08. The fraction of sp³-hybridized carbons (Fsp3) is 1.00. The molecule has 2 atom stereocenters. The summed E-state index contributed by atoms with van der Waals surface area (Å²) in [4.78, 5) is 0. The SMILES string of the molecule is CC(C)[Si](OC[C@@H]1OC(C)(C)O[C@H]1CO)(C(C)C)C(C)C. The first-order valence-corrected chi connectivity index (χ1v) is 10.3. The van der Waals surface area contributed by atoms with Crippen molar-refractivity contribution in [3.8, 4) is 0 Å². The number of ether oxygens (including phenoxy) is 2. The predicted molar refractivity (Wildman–Crippen MR) is 87.9 cm³/mol. The van der Waals surface area contributed by atoms with E-state index in [4.69, 9.17) is 13.9 Å². The van der Waals surface area contributed by atoms with Crippen molar-refractivity contribution in [3.05, 3.63) is 0 Å². The van der Waals surface area contributed by atoms with E-state index in [1.165, 1.54) is 0 Å². The summed E-state index contributed by atoms with van der Waals surface area (Å²) in [6.45, 7) is 17.9. The van der Waals surface area contributed by atoms with Gasteiger partial charge in [-0.15, -0.1) is 0 Å². The molecule has 4 nitrogen and oxygen atoms in total. The summed E-state index contributed by atoms with van der Waals surface area (Å²) >= 11 is 0. The van der Waals surface area contributed by atoms with Gasteiger partial charge in [0.15, 0.2) is 14.1 Å². The van der Waals surface area contributed by atoms with Gasteiger partial charge < -0.3 is 19.0 Å². The van der Waals surface area contributed by atoms with Crippen LogP contribution in [0.3, 0.4) is 0 Å². The molecule has 0 aromatic carbocycles. The zero-order valence-electron chi connectivity index (χ0n) is 15.0.